The fourth-order valence-electron chi connectivity index (χ4n) is 2.23. The minimum Gasteiger partial charge on any atom is -0.390 e. The van der Waals surface area contributed by atoms with E-state index in [9.17, 15) is 13.5 Å². The Morgan fingerprint density at radius 1 is 1.27 bits per heavy atom. The topological polar surface area (TPSA) is 82.1 Å². The van der Waals surface area contributed by atoms with Gasteiger partial charge in [-0.1, -0.05) is 17.7 Å². The van der Waals surface area contributed by atoms with Crippen molar-refractivity contribution in [1.29, 1.82) is 0 Å². The van der Waals surface area contributed by atoms with Gasteiger partial charge in [0.15, 0.2) is 6.29 Å². The lowest BCUT2D eigenvalue weighted by atomic mass is 10.1. The van der Waals surface area contributed by atoms with E-state index in [-0.39, 0.29) is 11.5 Å². The van der Waals surface area contributed by atoms with Crippen molar-refractivity contribution >= 4 is 10.1 Å². The summed E-state index contributed by atoms with van der Waals surface area (Å²) in [5.41, 5.74) is 0.963. The summed E-state index contributed by atoms with van der Waals surface area (Å²) in [7, 11) is -3.86. The SMILES string of the molecule is CCO[C@H]1CC[C@H](O)[C@@H](COS(=O)(=O)c2ccc(C)cc2)O1. The minimum atomic E-state index is -3.86. The van der Waals surface area contributed by atoms with Gasteiger partial charge in [0.25, 0.3) is 10.1 Å². The molecule has 0 spiro atoms. The van der Waals surface area contributed by atoms with E-state index in [1.54, 1.807) is 12.1 Å². The maximum Gasteiger partial charge on any atom is 0.297 e. The Labute approximate surface area is 131 Å². The molecule has 1 N–H and O–H groups in total. The Bertz CT molecular complexity index is 568. The summed E-state index contributed by atoms with van der Waals surface area (Å²) in [5.74, 6) is 0. The number of rotatable bonds is 6. The van der Waals surface area contributed by atoms with E-state index in [2.05, 4.69) is 0 Å². The molecule has 0 aliphatic carbocycles. The third kappa shape index (κ3) is 4.50. The quantitative estimate of drug-likeness (QED) is 0.798. The van der Waals surface area contributed by atoms with Crippen LogP contribution in [0.25, 0.3) is 0 Å². The van der Waals surface area contributed by atoms with Gasteiger partial charge >= 0.3 is 0 Å². The molecule has 0 saturated carbocycles. The van der Waals surface area contributed by atoms with Crippen molar-refractivity contribution < 1.29 is 27.2 Å². The van der Waals surface area contributed by atoms with E-state index >= 15 is 0 Å². The summed E-state index contributed by atoms with van der Waals surface area (Å²) >= 11 is 0. The van der Waals surface area contributed by atoms with E-state index in [0.717, 1.165) is 5.56 Å². The van der Waals surface area contributed by atoms with Crippen LogP contribution >= 0.6 is 0 Å². The molecule has 1 aromatic rings. The van der Waals surface area contributed by atoms with E-state index in [0.29, 0.717) is 19.4 Å². The van der Waals surface area contributed by atoms with E-state index < -0.39 is 28.6 Å². The van der Waals surface area contributed by atoms with Crippen LogP contribution in [0.15, 0.2) is 29.2 Å². The largest absolute Gasteiger partial charge is 0.390 e. The Morgan fingerprint density at radius 3 is 2.59 bits per heavy atom. The molecule has 22 heavy (non-hydrogen) atoms. The summed E-state index contributed by atoms with van der Waals surface area (Å²) in [4.78, 5) is 0.0877. The van der Waals surface area contributed by atoms with Crippen molar-refractivity contribution in [2.45, 2.75) is 50.1 Å². The Hall–Kier alpha value is -0.990. The average Bonchev–Trinajstić information content (AvgIpc) is 2.48. The van der Waals surface area contributed by atoms with Gasteiger partial charge in [-0.05, 0) is 32.4 Å². The monoisotopic (exact) mass is 330 g/mol. The van der Waals surface area contributed by atoms with Crippen molar-refractivity contribution in [3.05, 3.63) is 29.8 Å². The smallest absolute Gasteiger partial charge is 0.297 e. The molecular weight excluding hydrogens is 308 g/mol. The predicted octanol–water partition coefficient (Wildman–Crippen LogP) is 1.60. The Morgan fingerprint density at radius 2 is 1.95 bits per heavy atom. The van der Waals surface area contributed by atoms with Crippen LogP contribution in [0.3, 0.4) is 0 Å². The first-order valence-corrected chi connectivity index (χ1v) is 8.74. The number of hydrogen-bond donors (Lipinski definition) is 1. The van der Waals surface area contributed by atoms with Crippen LogP contribution in [0, 0.1) is 6.92 Å². The fourth-order valence-corrected chi connectivity index (χ4v) is 3.15. The second-order valence-electron chi connectivity index (χ2n) is 5.26. The molecule has 0 aromatic heterocycles. The van der Waals surface area contributed by atoms with Crippen LogP contribution in [0.5, 0.6) is 0 Å². The number of aliphatic hydroxyl groups is 1. The molecule has 124 valence electrons. The number of ether oxygens (including phenoxy) is 2. The van der Waals surface area contributed by atoms with Gasteiger partial charge in [0, 0.05) is 13.0 Å². The predicted molar refractivity (Wildman–Crippen MR) is 79.8 cm³/mol. The highest BCUT2D eigenvalue weighted by Crippen LogP contribution is 2.22. The molecule has 0 unspecified atom stereocenters. The summed E-state index contributed by atoms with van der Waals surface area (Å²) in [6.07, 6.45) is -0.834. The highest BCUT2D eigenvalue weighted by Gasteiger charge is 2.32. The molecule has 1 saturated heterocycles. The lowest BCUT2D eigenvalue weighted by Gasteiger charge is -2.33. The molecule has 1 fully saturated rings. The van der Waals surface area contributed by atoms with Crippen molar-refractivity contribution in [1.82, 2.24) is 0 Å². The molecule has 1 aliphatic rings. The van der Waals surface area contributed by atoms with Crippen LogP contribution in [0.4, 0.5) is 0 Å². The first kappa shape index (κ1) is 17.4. The highest BCUT2D eigenvalue weighted by molar-refractivity contribution is 7.86. The number of benzene rings is 1. The normalized spacial score (nSPS) is 26.0. The third-order valence-electron chi connectivity index (χ3n) is 3.50. The molecule has 6 nitrogen and oxygen atoms in total. The zero-order valence-corrected chi connectivity index (χ0v) is 13.6. The van der Waals surface area contributed by atoms with Gasteiger partial charge in [-0.15, -0.1) is 0 Å². The van der Waals surface area contributed by atoms with Crippen molar-refractivity contribution in [3.63, 3.8) is 0 Å². The summed E-state index contributed by atoms with van der Waals surface area (Å²) in [6.45, 7) is 3.98. The summed E-state index contributed by atoms with van der Waals surface area (Å²) in [6, 6.07) is 6.39. The first-order valence-electron chi connectivity index (χ1n) is 7.33. The van der Waals surface area contributed by atoms with Crippen LogP contribution in [0.1, 0.15) is 25.3 Å². The van der Waals surface area contributed by atoms with Crippen LogP contribution in [-0.2, 0) is 23.8 Å². The molecule has 1 aliphatic heterocycles. The molecule has 2 rings (SSSR count). The summed E-state index contributed by atoms with van der Waals surface area (Å²) < 4.78 is 40.1. The average molecular weight is 330 g/mol. The molecular formula is C15H22O6S. The molecule has 0 bridgehead atoms. The lowest BCUT2D eigenvalue weighted by Crippen LogP contribution is -2.43. The van der Waals surface area contributed by atoms with Crippen LogP contribution in [0.2, 0.25) is 0 Å². The molecule has 0 radical (unpaired) electrons. The van der Waals surface area contributed by atoms with E-state index in [1.165, 1.54) is 12.1 Å². The van der Waals surface area contributed by atoms with Gasteiger partial charge in [0.05, 0.1) is 17.6 Å². The van der Waals surface area contributed by atoms with Gasteiger partial charge < -0.3 is 14.6 Å². The second kappa shape index (κ2) is 7.52. The maximum atomic E-state index is 12.1. The third-order valence-corrected chi connectivity index (χ3v) is 4.80. The standard InChI is InChI=1S/C15H22O6S/c1-3-19-15-9-8-13(16)14(21-15)10-20-22(17,18)12-6-4-11(2)5-7-12/h4-7,13-16H,3,8-10H2,1-2H3/t13-,14+,15+/m0/s1. The molecule has 3 atom stereocenters. The van der Waals surface area contributed by atoms with Crippen LogP contribution < -0.4 is 0 Å². The van der Waals surface area contributed by atoms with Gasteiger partial charge in [0.1, 0.15) is 6.10 Å². The zero-order chi connectivity index (χ0) is 16.2. The van der Waals surface area contributed by atoms with Crippen molar-refractivity contribution in [2.75, 3.05) is 13.2 Å². The van der Waals surface area contributed by atoms with Gasteiger partial charge in [0.2, 0.25) is 0 Å². The lowest BCUT2D eigenvalue weighted by molar-refractivity contribution is -0.225. The number of aliphatic hydroxyl groups excluding tert-OH is 1. The summed E-state index contributed by atoms with van der Waals surface area (Å²) in [5, 5.41) is 9.90. The Balaban J connectivity index is 1.96. The van der Waals surface area contributed by atoms with Gasteiger partial charge in [-0.2, -0.15) is 8.42 Å². The second-order valence-corrected chi connectivity index (χ2v) is 6.87. The fraction of sp³-hybridized carbons (Fsp3) is 0.600. The maximum absolute atomic E-state index is 12.1. The number of hydrogen-bond acceptors (Lipinski definition) is 6. The Kier molecular flexibility index (Phi) is 5.94. The number of aryl methyl sites for hydroxylation is 1. The zero-order valence-electron chi connectivity index (χ0n) is 12.8. The van der Waals surface area contributed by atoms with Crippen LogP contribution in [-0.4, -0.2) is 45.2 Å². The molecule has 7 heteroatoms. The van der Waals surface area contributed by atoms with E-state index in [4.69, 9.17) is 13.7 Å². The molecule has 1 aromatic carbocycles. The van der Waals surface area contributed by atoms with Crippen molar-refractivity contribution in [3.8, 4) is 0 Å². The highest BCUT2D eigenvalue weighted by atomic mass is 32.2. The molecule has 0 amide bonds. The minimum absolute atomic E-state index is 0.0877. The van der Waals surface area contributed by atoms with E-state index in [1.807, 2.05) is 13.8 Å². The van der Waals surface area contributed by atoms with Gasteiger partial charge in [-0.25, -0.2) is 0 Å². The molecule has 1 heterocycles. The first-order chi connectivity index (χ1) is 10.4. The van der Waals surface area contributed by atoms with Gasteiger partial charge in [-0.3, -0.25) is 4.18 Å². The van der Waals surface area contributed by atoms with Crippen molar-refractivity contribution in [2.24, 2.45) is 0 Å².